The standard InChI is InChI=1S/C15H23NO3/c1-3-16-8-4-5-12(2)17-10-13-6-7-14-15(9-13)19-11-18-14/h6-7,9,12,16H,3-5,8,10-11H2,1-2H3. The maximum absolute atomic E-state index is 5.84. The van der Waals surface area contributed by atoms with Crippen molar-refractivity contribution in [1.29, 1.82) is 0 Å². The fourth-order valence-electron chi connectivity index (χ4n) is 2.04. The summed E-state index contributed by atoms with van der Waals surface area (Å²) in [5.74, 6) is 1.64. The van der Waals surface area contributed by atoms with Crippen LogP contribution < -0.4 is 14.8 Å². The second-order valence-corrected chi connectivity index (χ2v) is 4.81. The predicted octanol–water partition coefficient (Wildman–Crippen LogP) is 2.71. The second kappa shape index (κ2) is 7.36. The highest BCUT2D eigenvalue weighted by molar-refractivity contribution is 5.44. The summed E-state index contributed by atoms with van der Waals surface area (Å²) >= 11 is 0. The fourth-order valence-corrected chi connectivity index (χ4v) is 2.04. The molecule has 1 aromatic rings. The Morgan fingerprint density at radius 3 is 3.00 bits per heavy atom. The highest BCUT2D eigenvalue weighted by Crippen LogP contribution is 2.32. The van der Waals surface area contributed by atoms with Gasteiger partial charge in [0.15, 0.2) is 11.5 Å². The third-order valence-electron chi connectivity index (χ3n) is 3.19. The molecule has 0 aromatic heterocycles. The number of hydrogen-bond acceptors (Lipinski definition) is 4. The van der Waals surface area contributed by atoms with E-state index in [1.165, 1.54) is 0 Å². The highest BCUT2D eigenvalue weighted by Gasteiger charge is 2.13. The van der Waals surface area contributed by atoms with Crippen molar-refractivity contribution >= 4 is 0 Å². The topological polar surface area (TPSA) is 39.7 Å². The van der Waals surface area contributed by atoms with Crippen molar-refractivity contribution in [2.75, 3.05) is 19.9 Å². The van der Waals surface area contributed by atoms with E-state index in [4.69, 9.17) is 14.2 Å². The summed E-state index contributed by atoms with van der Waals surface area (Å²) < 4.78 is 16.5. The third-order valence-corrected chi connectivity index (χ3v) is 3.19. The van der Waals surface area contributed by atoms with Crippen LogP contribution in [0, 0.1) is 0 Å². The third kappa shape index (κ3) is 4.40. The molecule has 0 bridgehead atoms. The van der Waals surface area contributed by atoms with Gasteiger partial charge in [0, 0.05) is 0 Å². The number of ether oxygens (including phenoxy) is 3. The molecule has 1 aromatic carbocycles. The van der Waals surface area contributed by atoms with Crippen LogP contribution in [-0.4, -0.2) is 26.0 Å². The molecule has 0 saturated carbocycles. The predicted molar refractivity (Wildman–Crippen MR) is 74.6 cm³/mol. The van der Waals surface area contributed by atoms with Crippen molar-refractivity contribution in [2.24, 2.45) is 0 Å². The van der Waals surface area contributed by atoms with Crippen LogP contribution in [0.2, 0.25) is 0 Å². The van der Waals surface area contributed by atoms with Crippen molar-refractivity contribution in [1.82, 2.24) is 5.32 Å². The first-order chi connectivity index (χ1) is 9.29. The van der Waals surface area contributed by atoms with E-state index in [2.05, 4.69) is 19.2 Å². The molecule has 1 N–H and O–H groups in total. The van der Waals surface area contributed by atoms with Crippen LogP contribution in [0.1, 0.15) is 32.3 Å². The summed E-state index contributed by atoms with van der Waals surface area (Å²) in [5.41, 5.74) is 1.13. The molecule has 2 rings (SSSR count). The van der Waals surface area contributed by atoms with Gasteiger partial charge in [-0.05, 0) is 50.6 Å². The monoisotopic (exact) mass is 265 g/mol. The molecule has 4 heteroatoms. The van der Waals surface area contributed by atoms with E-state index in [9.17, 15) is 0 Å². The number of benzene rings is 1. The van der Waals surface area contributed by atoms with Crippen LogP contribution >= 0.6 is 0 Å². The lowest BCUT2D eigenvalue weighted by molar-refractivity contribution is 0.0463. The van der Waals surface area contributed by atoms with Crippen molar-refractivity contribution in [3.63, 3.8) is 0 Å². The second-order valence-electron chi connectivity index (χ2n) is 4.81. The first-order valence-electron chi connectivity index (χ1n) is 7.00. The van der Waals surface area contributed by atoms with Crippen molar-refractivity contribution < 1.29 is 14.2 Å². The molecule has 0 radical (unpaired) electrons. The number of rotatable bonds is 8. The van der Waals surface area contributed by atoms with Gasteiger partial charge in [-0.1, -0.05) is 13.0 Å². The van der Waals surface area contributed by atoms with Gasteiger partial charge < -0.3 is 19.5 Å². The van der Waals surface area contributed by atoms with E-state index < -0.39 is 0 Å². The minimum absolute atomic E-state index is 0.282. The molecule has 0 amide bonds. The first kappa shape index (κ1) is 14.2. The van der Waals surface area contributed by atoms with Crippen LogP contribution in [0.15, 0.2) is 18.2 Å². The average Bonchev–Trinajstić information content (AvgIpc) is 2.89. The number of fused-ring (bicyclic) bond motifs is 1. The zero-order valence-corrected chi connectivity index (χ0v) is 11.8. The summed E-state index contributed by atoms with van der Waals surface area (Å²) in [5, 5.41) is 3.32. The molecule has 1 atom stereocenters. The first-order valence-corrected chi connectivity index (χ1v) is 7.00. The molecule has 1 heterocycles. The van der Waals surface area contributed by atoms with E-state index in [1.54, 1.807) is 0 Å². The van der Waals surface area contributed by atoms with Crippen molar-refractivity contribution in [2.45, 2.75) is 39.4 Å². The Labute approximate surface area is 115 Å². The molecular weight excluding hydrogens is 242 g/mol. The molecule has 0 spiro atoms. The van der Waals surface area contributed by atoms with E-state index in [0.29, 0.717) is 13.4 Å². The van der Waals surface area contributed by atoms with Gasteiger partial charge in [-0.15, -0.1) is 0 Å². The molecule has 0 fully saturated rings. The molecule has 1 aliphatic rings. The smallest absolute Gasteiger partial charge is 0.231 e. The van der Waals surface area contributed by atoms with Gasteiger partial charge in [0.05, 0.1) is 12.7 Å². The number of nitrogens with one attached hydrogen (secondary N) is 1. The van der Waals surface area contributed by atoms with Gasteiger partial charge in [-0.25, -0.2) is 0 Å². The Kier molecular flexibility index (Phi) is 5.48. The van der Waals surface area contributed by atoms with Crippen LogP contribution in [0.3, 0.4) is 0 Å². The Morgan fingerprint density at radius 1 is 1.32 bits per heavy atom. The summed E-state index contributed by atoms with van der Waals surface area (Å²) in [7, 11) is 0. The molecule has 0 aliphatic carbocycles. The Bertz CT molecular complexity index is 395. The van der Waals surface area contributed by atoms with Crippen LogP contribution in [-0.2, 0) is 11.3 Å². The maximum atomic E-state index is 5.84. The lowest BCUT2D eigenvalue weighted by atomic mass is 10.2. The number of hydrogen-bond donors (Lipinski definition) is 1. The normalized spacial score (nSPS) is 14.6. The average molecular weight is 265 g/mol. The molecule has 1 unspecified atom stereocenters. The van der Waals surface area contributed by atoms with E-state index in [0.717, 1.165) is 43.0 Å². The molecule has 19 heavy (non-hydrogen) atoms. The molecule has 0 saturated heterocycles. The Hall–Kier alpha value is -1.26. The molecule has 1 aliphatic heterocycles. The largest absolute Gasteiger partial charge is 0.454 e. The zero-order chi connectivity index (χ0) is 13.5. The quantitative estimate of drug-likeness (QED) is 0.734. The van der Waals surface area contributed by atoms with Crippen LogP contribution in [0.4, 0.5) is 0 Å². The zero-order valence-electron chi connectivity index (χ0n) is 11.8. The maximum Gasteiger partial charge on any atom is 0.231 e. The SMILES string of the molecule is CCNCCCC(C)OCc1ccc2c(c1)OCO2. The van der Waals surface area contributed by atoms with Gasteiger partial charge in [0.2, 0.25) is 6.79 Å². The Balaban J connectivity index is 1.70. The van der Waals surface area contributed by atoms with Gasteiger partial charge >= 0.3 is 0 Å². The summed E-state index contributed by atoms with van der Waals surface area (Å²) in [6.07, 6.45) is 2.51. The minimum Gasteiger partial charge on any atom is -0.454 e. The van der Waals surface area contributed by atoms with Crippen molar-refractivity contribution in [3.05, 3.63) is 23.8 Å². The Morgan fingerprint density at radius 2 is 2.16 bits per heavy atom. The van der Waals surface area contributed by atoms with Gasteiger partial charge in [-0.2, -0.15) is 0 Å². The minimum atomic E-state index is 0.282. The summed E-state index contributed by atoms with van der Waals surface area (Å²) in [6, 6.07) is 5.96. The van der Waals surface area contributed by atoms with Crippen LogP contribution in [0.5, 0.6) is 11.5 Å². The van der Waals surface area contributed by atoms with Gasteiger partial charge in [0.25, 0.3) is 0 Å². The highest BCUT2D eigenvalue weighted by atomic mass is 16.7. The fraction of sp³-hybridized carbons (Fsp3) is 0.600. The van der Waals surface area contributed by atoms with E-state index in [1.807, 2.05) is 18.2 Å². The van der Waals surface area contributed by atoms with Gasteiger partial charge in [0.1, 0.15) is 0 Å². The van der Waals surface area contributed by atoms with Gasteiger partial charge in [-0.3, -0.25) is 0 Å². The van der Waals surface area contributed by atoms with Crippen LogP contribution in [0.25, 0.3) is 0 Å². The summed E-state index contributed by atoms with van der Waals surface area (Å²) in [4.78, 5) is 0. The van der Waals surface area contributed by atoms with E-state index >= 15 is 0 Å². The molecule has 106 valence electrons. The lowest BCUT2D eigenvalue weighted by Crippen LogP contribution is -2.16. The van der Waals surface area contributed by atoms with Crippen molar-refractivity contribution in [3.8, 4) is 11.5 Å². The lowest BCUT2D eigenvalue weighted by Gasteiger charge is -2.13. The molecular formula is C15H23NO3. The van der Waals surface area contributed by atoms with E-state index in [-0.39, 0.29) is 6.10 Å². The molecule has 4 nitrogen and oxygen atoms in total. The summed E-state index contributed by atoms with van der Waals surface area (Å²) in [6.45, 7) is 7.29.